The van der Waals surface area contributed by atoms with Gasteiger partial charge in [-0.1, -0.05) is 13.8 Å². The molecule has 0 aliphatic heterocycles. The molecule has 0 radical (unpaired) electrons. The molecule has 24 heavy (non-hydrogen) atoms. The van der Waals surface area contributed by atoms with Crippen LogP contribution in [0, 0.1) is 5.92 Å². The Bertz CT molecular complexity index is 559. The number of hydrogen-bond donors (Lipinski definition) is 3. The van der Waals surface area contributed by atoms with E-state index >= 15 is 0 Å². The molecule has 1 aromatic carbocycles. The van der Waals surface area contributed by atoms with E-state index in [0.29, 0.717) is 37.7 Å². The molecule has 7 nitrogen and oxygen atoms in total. The number of rotatable bonds is 9. The second-order valence-electron chi connectivity index (χ2n) is 5.36. The first kappa shape index (κ1) is 19.6. The molecule has 0 spiro atoms. The SMILES string of the molecule is CCOc1ccc(OCC)c(NC(N)=NCCNC(=O)C(C)C)c1. The van der Waals surface area contributed by atoms with Gasteiger partial charge >= 0.3 is 0 Å². The van der Waals surface area contributed by atoms with Crippen molar-refractivity contribution in [2.75, 3.05) is 31.6 Å². The smallest absolute Gasteiger partial charge is 0.222 e. The van der Waals surface area contributed by atoms with Gasteiger partial charge in [0, 0.05) is 18.5 Å². The molecule has 7 heteroatoms. The highest BCUT2D eigenvalue weighted by Gasteiger charge is 2.08. The Morgan fingerprint density at radius 2 is 1.96 bits per heavy atom. The Morgan fingerprint density at radius 1 is 1.25 bits per heavy atom. The topological polar surface area (TPSA) is 98.0 Å². The van der Waals surface area contributed by atoms with Gasteiger partial charge in [-0.25, -0.2) is 0 Å². The summed E-state index contributed by atoms with van der Waals surface area (Å²) in [6.45, 7) is 9.47. The van der Waals surface area contributed by atoms with Crippen molar-refractivity contribution in [2.45, 2.75) is 27.7 Å². The van der Waals surface area contributed by atoms with Gasteiger partial charge in [0.25, 0.3) is 0 Å². The quantitative estimate of drug-likeness (QED) is 0.364. The summed E-state index contributed by atoms with van der Waals surface area (Å²) in [6, 6.07) is 5.48. The highest BCUT2D eigenvalue weighted by atomic mass is 16.5. The summed E-state index contributed by atoms with van der Waals surface area (Å²) in [5.74, 6) is 1.61. The van der Waals surface area contributed by atoms with Crippen molar-refractivity contribution in [2.24, 2.45) is 16.6 Å². The van der Waals surface area contributed by atoms with Crippen LogP contribution < -0.4 is 25.8 Å². The second kappa shape index (κ2) is 10.4. The molecule has 0 saturated carbocycles. The van der Waals surface area contributed by atoms with Gasteiger partial charge in [0.1, 0.15) is 11.5 Å². The molecule has 1 aromatic rings. The Kier molecular flexibility index (Phi) is 8.46. The molecule has 0 unspecified atom stereocenters. The van der Waals surface area contributed by atoms with E-state index in [0.717, 1.165) is 5.75 Å². The fourth-order valence-electron chi connectivity index (χ4n) is 1.88. The fraction of sp³-hybridized carbons (Fsp3) is 0.529. The maximum atomic E-state index is 11.5. The third kappa shape index (κ3) is 6.76. The lowest BCUT2D eigenvalue weighted by Gasteiger charge is -2.14. The summed E-state index contributed by atoms with van der Waals surface area (Å²) in [7, 11) is 0. The first-order chi connectivity index (χ1) is 11.5. The summed E-state index contributed by atoms with van der Waals surface area (Å²) in [6.07, 6.45) is 0. The monoisotopic (exact) mass is 336 g/mol. The third-order valence-electron chi connectivity index (χ3n) is 3.04. The van der Waals surface area contributed by atoms with Gasteiger partial charge < -0.3 is 25.8 Å². The third-order valence-corrected chi connectivity index (χ3v) is 3.04. The number of amides is 1. The number of carbonyl (C=O) groups is 1. The molecule has 0 bridgehead atoms. The number of benzene rings is 1. The normalized spacial score (nSPS) is 11.3. The number of nitrogens with zero attached hydrogens (tertiary/aromatic N) is 1. The van der Waals surface area contributed by atoms with E-state index in [1.165, 1.54) is 0 Å². The minimum Gasteiger partial charge on any atom is -0.494 e. The Hall–Kier alpha value is -2.44. The lowest BCUT2D eigenvalue weighted by molar-refractivity contribution is -0.123. The van der Waals surface area contributed by atoms with Crippen molar-refractivity contribution in [3.63, 3.8) is 0 Å². The maximum absolute atomic E-state index is 11.5. The number of anilines is 1. The van der Waals surface area contributed by atoms with Crippen LogP contribution >= 0.6 is 0 Å². The Labute approximate surface area is 143 Å². The number of guanidine groups is 1. The van der Waals surface area contributed by atoms with Crippen molar-refractivity contribution in [1.29, 1.82) is 0 Å². The summed E-state index contributed by atoms with van der Waals surface area (Å²) >= 11 is 0. The average Bonchev–Trinajstić information content (AvgIpc) is 2.54. The largest absolute Gasteiger partial charge is 0.494 e. The standard InChI is InChI=1S/C17H28N4O3/c1-5-23-13-7-8-15(24-6-2)14(11-13)21-17(18)20-10-9-19-16(22)12(3)4/h7-8,11-12H,5-6,9-10H2,1-4H3,(H,19,22)(H3,18,20,21). The lowest BCUT2D eigenvalue weighted by atomic mass is 10.2. The summed E-state index contributed by atoms with van der Waals surface area (Å²) in [4.78, 5) is 15.7. The number of aliphatic imine (C=N–C) groups is 1. The van der Waals surface area contributed by atoms with Crippen LogP contribution in [-0.2, 0) is 4.79 Å². The number of nitrogens with one attached hydrogen (secondary N) is 2. The zero-order valence-corrected chi connectivity index (χ0v) is 14.9. The number of nitrogens with two attached hydrogens (primary N) is 1. The molecule has 0 aliphatic rings. The Balaban J connectivity index is 2.66. The molecular formula is C17H28N4O3. The number of ether oxygens (including phenoxy) is 2. The van der Waals surface area contributed by atoms with Crippen LogP contribution in [0.5, 0.6) is 11.5 Å². The van der Waals surface area contributed by atoms with E-state index in [4.69, 9.17) is 15.2 Å². The van der Waals surface area contributed by atoms with Crippen molar-refractivity contribution in [1.82, 2.24) is 5.32 Å². The molecular weight excluding hydrogens is 308 g/mol. The van der Waals surface area contributed by atoms with Crippen molar-refractivity contribution < 1.29 is 14.3 Å². The van der Waals surface area contributed by atoms with Crippen molar-refractivity contribution in [3.05, 3.63) is 18.2 Å². The first-order valence-corrected chi connectivity index (χ1v) is 8.22. The van der Waals surface area contributed by atoms with E-state index in [1.807, 2.05) is 45.9 Å². The van der Waals surface area contributed by atoms with Gasteiger partial charge in [-0.05, 0) is 26.0 Å². The predicted octanol–water partition coefficient (Wildman–Crippen LogP) is 1.98. The van der Waals surface area contributed by atoms with Crippen LogP contribution in [0.4, 0.5) is 5.69 Å². The molecule has 1 amide bonds. The second-order valence-corrected chi connectivity index (χ2v) is 5.36. The lowest BCUT2D eigenvalue weighted by Crippen LogP contribution is -2.31. The van der Waals surface area contributed by atoms with Gasteiger partial charge in [0.2, 0.25) is 5.91 Å². The summed E-state index contributed by atoms with van der Waals surface area (Å²) in [5, 5.41) is 5.80. The van der Waals surface area contributed by atoms with Gasteiger partial charge in [0.15, 0.2) is 5.96 Å². The molecule has 0 aromatic heterocycles. The molecule has 0 atom stereocenters. The van der Waals surface area contributed by atoms with Crippen LogP contribution in [0.1, 0.15) is 27.7 Å². The zero-order valence-electron chi connectivity index (χ0n) is 14.9. The first-order valence-electron chi connectivity index (χ1n) is 8.22. The van der Waals surface area contributed by atoms with E-state index in [9.17, 15) is 4.79 Å². The molecule has 0 fully saturated rings. The van der Waals surface area contributed by atoms with E-state index in [1.54, 1.807) is 0 Å². The van der Waals surface area contributed by atoms with Gasteiger partial charge in [-0.15, -0.1) is 0 Å². The van der Waals surface area contributed by atoms with Crippen LogP contribution in [0.15, 0.2) is 23.2 Å². The molecule has 134 valence electrons. The minimum atomic E-state index is -0.0421. The summed E-state index contributed by atoms with van der Waals surface area (Å²) in [5.41, 5.74) is 6.59. The molecule has 4 N–H and O–H groups in total. The van der Waals surface area contributed by atoms with Gasteiger partial charge in [-0.3, -0.25) is 9.79 Å². The fourth-order valence-corrected chi connectivity index (χ4v) is 1.88. The van der Waals surface area contributed by atoms with E-state index < -0.39 is 0 Å². The van der Waals surface area contributed by atoms with Crippen LogP contribution in [0.3, 0.4) is 0 Å². The molecule has 0 aliphatic carbocycles. The predicted molar refractivity (Wildman–Crippen MR) is 96.7 cm³/mol. The molecule has 0 heterocycles. The number of hydrogen-bond acceptors (Lipinski definition) is 4. The Morgan fingerprint density at radius 3 is 2.58 bits per heavy atom. The average molecular weight is 336 g/mol. The van der Waals surface area contributed by atoms with Crippen LogP contribution in [0.25, 0.3) is 0 Å². The van der Waals surface area contributed by atoms with Crippen molar-refractivity contribution >= 4 is 17.6 Å². The molecule has 0 saturated heterocycles. The van der Waals surface area contributed by atoms with Crippen LogP contribution in [-0.4, -0.2) is 38.2 Å². The minimum absolute atomic E-state index is 0.000205. The van der Waals surface area contributed by atoms with Gasteiger partial charge in [-0.2, -0.15) is 0 Å². The van der Waals surface area contributed by atoms with Crippen molar-refractivity contribution in [3.8, 4) is 11.5 Å². The van der Waals surface area contributed by atoms with E-state index in [-0.39, 0.29) is 17.8 Å². The highest BCUT2D eigenvalue weighted by molar-refractivity contribution is 5.94. The van der Waals surface area contributed by atoms with Crippen LogP contribution in [0.2, 0.25) is 0 Å². The maximum Gasteiger partial charge on any atom is 0.222 e. The zero-order chi connectivity index (χ0) is 17.9. The molecule has 1 rings (SSSR count). The van der Waals surface area contributed by atoms with Gasteiger partial charge in [0.05, 0.1) is 25.4 Å². The van der Waals surface area contributed by atoms with E-state index in [2.05, 4.69) is 15.6 Å². The number of carbonyl (C=O) groups excluding carboxylic acids is 1. The summed E-state index contributed by atoms with van der Waals surface area (Å²) < 4.78 is 11.1. The highest BCUT2D eigenvalue weighted by Crippen LogP contribution is 2.29.